The third-order valence-corrected chi connectivity index (χ3v) is 8.27. The van der Waals surface area contributed by atoms with Gasteiger partial charge >= 0.3 is 0 Å². The monoisotopic (exact) mass is 582 g/mol. The summed E-state index contributed by atoms with van der Waals surface area (Å²) in [6, 6.07) is 13.6. The van der Waals surface area contributed by atoms with Crippen molar-refractivity contribution in [2.45, 2.75) is 6.54 Å². The fraction of sp³-hybridized carbons (Fsp3) is 0.0870. The summed E-state index contributed by atoms with van der Waals surface area (Å²) in [6.45, 7) is 0.159. The minimum Gasteiger partial charge on any atom is -0.350 e. The molecular weight excluding hydrogens is 566 g/mol. The third-order valence-electron chi connectivity index (χ3n) is 5.09. The lowest BCUT2D eigenvalue weighted by Gasteiger charge is -2.18. The van der Waals surface area contributed by atoms with Crippen LogP contribution in [0.4, 0.5) is 0 Å². The quantitative estimate of drug-likeness (QED) is 0.263. The summed E-state index contributed by atoms with van der Waals surface area (Å²) < 4.78 is 20.9. The molecule has 0 spiro atoms. The predicted molar refractivity (Wildman–Crippen MR) is 134 cm³/mol. The van der Waals surface area contributed by atoms with Gasteiger partial charge in [-0.05, 0) is 59.0 Å². The Balaban J connectivity index is 1.90. The number of amides is 1. The molecule has 2 heterocycles. The van der Waals surface area contributed by atoms with Crippen molar-refractivity contribution in [2.75, 3.05) is 7.11 Å². The van der Waals surface area contributed by atoms with Crippen LogP contribution in [0.1, 0.15) is 27.2 Å². The molecule has 0 bridgehead atoms. The average Bonchev–Trinajstić information content (AvgIpc) is 3.26. The van der Waals surface area contributed by atoms with E-state index in [0.717, 1.165) is 3.57 Å². The molecule has 1 atom stereocenters. The van der Waals surface area contributed by atoms with Gasteiger partial charge in [0, 0.05) is 51.4 Å². The predicted octanol–water partition coefficient (Wildman–Crippen LogP) is 3.11. The van der Waals surface area contributed by atoms with Crippen molar-refractivity contribution in [3.8, 4) is 12.1 Å². The molecule has 0 aliphatic heterocycles. The molecule has 168 valence electrons. The van der Waals surface area contributed by atoms with Gasteiger partial charge in [0.1, 0.15) is 12.0 Å². The van der Waals surface area contributed by atoms with E-state index in [9.17, 15) is 19.9 Å². The van der Waals surface area contributed by atoms with Gasteiger partial charge < -0.3 is 14.8 Å². The van der Waals surface area contributed by atoms with Crippen LogP contribution in [0.3, 0.4) is 0 Å². The maximum Gasteiger partial charge on any atom is 0.268 e. The fourth-order valence-corrected chi connectivity index (χ4v) is 6.26. The molecule has 1 unspecified atom stereocenters. The van der Waals surface area contributed by atoms with Gasteiger partial charge in [0.15, 0.2) is 0 Å². The fourth-order valence-electron chi connectivity index (χ4n) is 3.55. The van der Waals surface area contributed by atoms with E-state index in [1.165, 1.54) is 31.6 Å². The molecule has 0 saturated carbocycles. The molecule has 4 rings (SSSR count). The Hall–Kier alpha value is -3.57. The zero-order valence-corrected chi connectivity index (χ0v) is 20.8. The van der Waals surface area contributed by atoms with E-state index in [1.807, 2.05) is 18.2 Å². The lowest BCUT2D eigenvalue weighted by Crippen LogP contribution is -2.30. The third kappa shape index (κ3) is 4.44. The molecule has 0 saturated heterocycles. The van der Waals surface area contributed by atoms with Crippen molar-refractivity contribution in [1.29, 1.82) is 10.5 Å². The van der Waals surface area contributed by atoms with E-state index in [-0.39, 0.29) is 34.0 Å². The number of fused-ring (bicyclic) bond motifs is 1. The molecular formula is C23H16IN6O3P. The van der Waals surface area contributed by atoms with E-state index in [1.54, 1.807) is 24.5 Å². The van der Waals surface area contributed by atoms with Crippen LogP contribution in [0.5, 0.6) is 0 Å². The Bertz CT molecular complexity index is 1510. The number of aromatic nitrogens is 3. The molecule has 34 heavy (non-hydrogen) atoms. The van der Waals surface area contributed by atoms with Crippen molar-refractivity contribution in [2.24, 2.45) is 0 Å². The van der Waals surface area contributed by atoms with Crippen molar-refractivity contribution >= 4 is 57.4 Å². The lowest BCUT2D eigenvalue weighted by atomic mass is 10.1. The summed E-state index contributed by atoms with van der Waals surface area (Å²) in [5.74, 6) is -0.501. The van der Waals surface area contributed by atoms with Gasteiger partial charge in [0.05, 0.1) is 28.6 Å². The number of nitriles is 2. The zero-order valence-electron chi connectivity index (χ0n) is 17.7. The van der Waals surface area contributed by atoms with E-state index >= 15 is 0 Å². The number of hydrogen-bond acceptors (Lipinski definition) is 7. The Morgan fingerprint density at radius 2 is 1.82 bits per heavy atom. The standard InChI is InChI=1S/C23H16IN6O3P/c1-33-34(32,18-5-14(8-25)4-15(6-18)9-26)22-19-7-17(24)2-3-20(19)30-21(22)23(31)29-12-16-10-27-13-28-11-16/h2-7,10-11,13,30H,12H2,1H3,(H,29,31). The zero-order chi connectivity index (χ0) is 24.3. The van der Waals surface area contributed by atoms with Crippen LogP contribution < -0.4 is 15.9 Å². The van der Waals surface area contributed by atoms with Crippen molar-refractivity contribution < 1.29 is 13.9 Å². The van der Waals surface area contributed by atoms with Gasteiger partial charge in [0.2, 0.25) is 0 Å². The van der Waals surface area contributed by atoms with Crippen LogP contribution in [-0.4, -0.2) is 28.0 Å². The maximum atomic E-state index is 14.4. The van der Waals surface area contributed by atoms with E-state index < -0.39 is 13.3 Å². The molecule has 2 N–H and O–H groups in total. The molecule has 0 fully saturated rings. The Labute approximate surface area is 208 Å². The van der Waals surface area contributed by atoms with Crippen molar-refractivity contribution in [3.63, 3.8) is 0 Å². The van der Waals surface area contributed by atoms with Gasteiger partial charge in [-0.3, -0.25) is 9.36 Å². The highest BCUT2D eigenvalue weighted by molar-refractivity contribution is 14.1. The maximum absolute atomic E-state index is 14.4. The summed E-state index contributed by atoms with van der Waals surface area (Å²) in [5.41, 5.74) is 1.68. The van der Waals surface area contributed by atoms with Crippen molar-refractivity contribution in [1.82, 2.24) is 20.3 Å². The van der Waals surface area contributed by atoms with Gasteiger partial charge in [-0.15, -0.1) is 0 Å². The first kappa shape index (κ1) is 23.6. The molecule has 2 aromatic heterocycles. The molecule has 0 radical (unpaired) electrons. The highest BCUT2D eigenvalue weighted by atomic mass is 127. The average molecular weight is 582 g/mol. The van der Waals surface area contributed by atoms with Crippen LogP contribution in [0.15, 0.2) is 55.1 Å². The van der Waals surface area contributed by atoms with E-state index in [0.29, 0.717) is 16.5 Å². The minimum atomic E-state index is -3.91. The van der Waals surface area contributed by atoms with Crippen LogP contribution in [0.2, 0.25) is 0 Å². The van der Waals surface area contributed by atoms with Gasteiger partial charge in [-0.25, -0.2) is 9.97 Å². The highest BCUT2D eigenvalue weighted by Gasteiger charge is 2.36. The normalized spacial score (nSPS) is 12.5. The number of nitrogens with zero attached hydrogens (tertiary/aromatic N) is 4. The summed E-state index contributed by atoms with van der Waals surface area (Å²) in [6.07, 6.45) is 4.56. The Kier molecular flexibility index (Phi) is 6.75. The summed E-state index contributed by atoms with van der Waals surface area (Å²) in [7, 11) is -2.63. The first-order valence-electron chi connectivity index (χ1n) is 9.85. The van der Waals surface area contributed by atoms with Crippen LogP contribution in [0.25, 0.3) is 10.9 Å². The molecule has 4 aromatic rings. The number of aromatic amines is 1. The number of hydrogen-bond donors (Lipinski definition) is 2. The molecule has 1 amide bonds. The van der Waals surface area contributed by atoms with Crippen LogP contribution in [-0.2, 0) is 15.6 Å². The molecule has 0 aliphatic carbocycles. The second-order valence-corrected chi connectivity index (χ2v) is 10.9. The summed E-state index contributed by atoms with van der Waals surface area (Å²) in [5, 5.41) is 22.5. The van der Waals surface area contributed by atoms with Crippen LogP contribution in [0, 0.1) is 26.2 Å². The number of nitrogens with one attached hydrogen (secondary N) is 2. The molecule has 11 heteroatoms. The first-order valence-corrected chi connectivity index (χ1v) is 12.6. The summed E-state index contributed by atoms with van der Waals surface area (Å²) in [4.78, 5) is 24.2. The van der Waals surface area contributed by atoms with Crippen molar-refractivity contribution in [3.05, 3.63) is 81.1 Å². The van der Waals surface area contributed by atoms with Gasteiger partial charge in [-0.1, -0.05) is 0 Å². The number of rotatable bonds is 6. The number of carbonyl (C=O) groups excluding carboxylic acids is 1. The SMILES string of the molecule is COP(=O)(c1cc(C#N)cc(C#N)c1)c1c(C(=O)NCc2cncnc2)[nH]c2ccc(I)cc12. The molecule has 2 aromatic carbocycles. The first-order chi connectivity index (χ1) is 16.4. The second-order valence-electron chi connectivity index (χ2n) is 7.19. The topological polar surface area (TPSA) is 145 Å². The number of benzene rings is 2. The number of halogens is 1. The van der Waals surface area contributed by atoms with Gasteiger partial charge in [0.25, 0.3) is 13.3 Å². The van der Waals surface area contributed by atoms with E-state index in [4.69, 9.17) is 4.52 Å². The van der Waals surface area contributed by atoms with Crippen LogP contribution >= 0.6 is 30.0 Å². The summed E-state index contributed by atoms with van der Waals surface area (Å²) >= 11 is 2.13. The number of H-pyrrole nitrogens is 1. The van der Waals surface area contributed by atoms with Gasteiger partial charge in [-0.2, -0.15) is 10.5 Å². The molecule has 9 nitrogen and oxygen atoms in total. The van der Waals surface area contributed by atoms with E-state index in [2.05, 4.69) is 42.9 Å². The smallest absolute Gasteiger partial charge is 0.268 e. The number of carbonyl (C=O) groups is 1. The largest absolute Gasteiger partial charge is 0.350 e. The lowest BCUT2D eigenvalue weighted by molar-refractivity contribution is 0.0947. The second kappa shape index (κ2) is 9.74. The Morgan fingerprint density at radius 3 is 2.44 bits per heavy atom. The molecule has 0 aliphatic rings. The minimum absolute atomic E-state index is 0.0694. The highest BCUT2D eigenvalue weighted by Crippen LogP contribution is 2.47. The Morgan fingerprint density at radius 1 is 1.15 bits per heavy atom.